The number of hydrogen-bond acceptors (Lipinski definition) is 3. The Kier molecular flexibility index (Phi) is 5.38. The Morgan fingerprint density at radius 2 is 1.95 bits per heavy atom. The summed E-state index contributed by atoms with van der Waals surface area (Å²) in [6, 6.07) is 4.53. The van der Waals surface area contributed by atoms with E-state index in [0.717, 1.165) is 6.07 Å². The molecule has 0 aromatic heterocycles. The summed E-state index contributed by atoms with van der Waals surface area (Å²) in [6.07, 6.45) is -4.38. The van der Waals surface area contributed by atoms with E-state index in [1.807, 2.05) is 13.8 Å². The highest BCUT2D eigenvalue weighted by atomic mass is 19.4. The summed E-state index contributed by atoms with van der Waals surface area (Å²) < 4.78 is 40.5. The number of nitrogens with two attached hydrogens (primary N) is 1. The van der Waals surface area contributed by atoms with Gasteiger partial charge in [0.1, 0.15) is 0 Å². The first-order chi connectivity index (χ1) is 9.19. The van der Waals surface area contributed by atoms with Crippen molar-refractivity contribution < 1.29 is 22.7 Å². The lowest BCUT2D eigenvalue weighted by molar-refractivity contribution is -0.274. The van der Waals surface area contributed by atoms with Gasteiger partial charge in [0.2, 0.25) is 5.91 Å². The van der Waals surface area contributed by atoms with Crippen molar-refractivity contribution in [3.63, 3.8) is 0 Å². The van der Waals surface area contributed by atoms with Crippen molar-refractivity contribution in [3.05, 3.63) is 24.3 Å². The van der Waals surface area contributed by atoms with Crippen LogP contribution in [-0.4, -0.2) is 18.3 Å². The van der Waals surface area contributed by atoms with Crippen molar-refractivity contribution >= 4 is 11.6 Å². The molecular weight excluding hydrogens is 273 g/mol. The fraction of sp³-hybridized carbons (Fsp3) is 0.462. The lowest BCUT2D eigenvalue weighted by Crippen LogP contribution is -2.36. The fourth-order valence-electron chi connectivity index (χ4n) is 1.62. The number of halogens is 3. The summed E-state index contributed by atoms with van der Waals surface area (Å²) in [5.74, 6) is -0.806. The van der Waals surface area contributed by atoms with Crippen molar-refractivity contribution in [3.8, 4) is 5.75 Å². The van der Waals surface area contributed by atoms with Crippen molar-refractivity contribution in [1.29, 1.82) is 0 Å². The average Bonchev–Trinajstić information content (AvgIpc) is 2.28. The van der Waals surface area contributed by atoms with E-state index in [1.165, 1.54) is 18.2 Å². The summed E-state index contributed by atoms with van der Waals surface area (Å²) >= 11 is 0. The summed E-state index contributed by atoms with van der Waals surface area (Å²) in [7, 11) is 0. The Morgan fingerprint density at radius 3 is 2.50 bits per heavy atom. The highest BCUT2D eigenvalue weighted by Crippen LogP contribution is 2.30. The number of rotatable bonds is 5. The highest BCUT2D eigenvalue weighted by Gasteiger charge is 2.32. The molecule has 1 rings (SSSR count). The third-order valence-electron chi connectivity index (χ3n) is 2.43. The van der Waals surface area contributed by atoms with Crippen LogP contribution < -0.4 is 15.8 Å². The molecule has 3 N–H and O–H groups in total. The molecule has 0 aliphatic heterocycles. The lowest BCUT2D eigenvalue weighted by Gasteiger charge is -2.17. The van der Waals surface area contributed by atoms with Gasteiger partial charge in [-0.2, -0.15) is 0 Å². The SMILES string of the molecule is CC(C)C[C@H](N)C(=O)Nc1ccccc1OC(F)(F)F. The van der Waals surface area contributed by atoms with Crippen molar-refractivity contribution in [2.24, 2.45) is 11.7 Å². The van der Waals surface area contributed by atoms with Crippen LogP contribution in [0.1, 0.15) is 20.3 Å². The minimum absolute atomic E-state index is 0.0611. The first kappa shape index (κ1) is 16.3. The molecule has 0 aliphatic rings. The smallest absolute Gasteiger partial charge is 0.404 e. The molecule has 112 valence electrons. The summed E-state index contributed by atoms with van der Waals surface area (Å²) in [5.41, 5.74) is 5.61. The van der Waals surface area contributed by atoms with Gasteiger partial charge in [-0.05, 0) is 24.5 Å². The van der Waals surface area contributed by atoms with Crippen LogP contribution in [-0.2, 0) is 4.79 Å². The van der Waals surface area contributed by atoms with Crippen LogP contribution in [0, 0.1) is 5.92 Å². The quantitative estimate of drug-likeness (QED) is 0.876. The topological polar surface area (TPSA) is 64.4 Å². The maximum Gasteiger partial charge on any atom is 0.573 e. The van der Waals surface area contributed by atoms with Gasteiger partial charge in [-0.3, -0.25) is 4.79 Å². The van der Waals surface area contributed by atoms with Gasteiger partial charge in [0.05, 0.1) is 11.7 Å². The molecule has 1 amide bonds. The van der Waals surface area contributed by atoms with Crippen LogP contribution in [0.25, 0.3) is 0 Å². The van der Waals surface area contributed by atoms with Crippen LogP contribution in [0.3, 0.4) is 0 Å². The third kappa shape index (κ3) is 5.48. The minimum atomic E-state index is -4.82. The Labute approximate surface area is 115 Å². The Hall–Kier alpha value is -1.76. The van der Waals surface area contributed by atoms with Crippen LogP contribution in [0.5, 0.6) is 5.75 Å². The molecule has 20 heavy (non-hydrogen) atoms. The van der Waals surface area contributed by atoms with E-state index < -0.39 is 24.1 Å². The molecule has 7 heteroatoms. The second kappa shape index (κ2) is 6.60. The van der Waals surface area contributed by atoms with Crippen molar-refractivity contribution in [2.45, 2.75) is 32.7 Å². The zero-order chi connectivity index (χ0) is 15.3. The molecule has 0 bridgehead atoms. The number of amides is 1. The molecule has 0 saturated carbocycles. The zero-order valence-electron chi connectivity index (χ0n) is 11.2. The van der Waals surface area contributed by atoms with Crippen molar-refractivity contribution in [1.82, 2.24) is 0 Å². The van der Waals surface area contributed by atoms with E-state index in [-0.39, 0.29) is 11.6 Å². The number of benzene rings is 1. The average molecular weight is 290 g/mol. The maximum absolute atomic E-state index is 12.2. The summed E-state index contributed by atoms with van der Waals surface area (Å²) in [6.45, 7) is 3.79. The standard InChI is InChI=1S/C13H17F3N2O2/c1-8(2)7-9(17)12(19)18-10-5-3-4-6-11(10)20-13(14,15)16/h3-6,8-9H,7,17H2,1-2H3,(H,18,19)/t9-/m0/s1. The highest BCUT2D eigenvalue weighted by molar-refractivity contribution is 5.95. The van der Waals surface area contributed by atoms with E-state index >= 15 is 0 Å². The zero-order valence-corrected chi connectivity index (χ0v) is 11.2. The number of hydrogen-bond donors (Lipinski definition) is 2. The maximum atomic E-state index is 12.2. The Bertz CT molecular complexity index is 461. The molecule has 0 unspecified atom stereocenters. The predicted octanol–water partition coefficient (Wildman–Crippen LogP) is 2.90. The first-order valence-electron chi connectivity index (χ1n) is 6.10. The van der Waals surface area contributed by atoms with E-state index in [9.17, 15) is 18.0 Å². The molecule has 0 fully saturated rings. The summed E-state index contributed by atoms with van der Waals surface area (Å²) in [5, 5.41) is 2.35. The number of para-hydroxylation sites is 2. The van der Waals surface area contributed by atoms with Gasteiger partial charge < -0.3 is 15.8 Å². The second-order valence-electron chi connectivity index (χ2n) is 4.77. The Balaban J connectivity index is 2.79. The summed E-state index contributed by atoms with van der Waals surface area (Å²) in [4.78, 5) is 11.8. The molecule has 1 aromatic carbocycles. The largest absolute Gasteiger partial charge is 0.573 e. The minimum Gasteiger partial charge on any atom is -0.404 e. The molecule has 0 spiro atoms. The number of nitrogens with one attached hydrogen (secondary N) is 1. The number of ether oxygens (including phenoxy) is 1. The number of alkyl halides is 3. The molecule has 0 heterocycles. The third-order valence-corrected chi connectivity index (χ3v) is 2.43. The monoisotopic (exact) mass is 290 g/mol. The van der Waals surface area contributed by atoms with Crippen LogP contribution in [0.4, 0.5) is 18.9 Å². The predicted molar refractivity (Wildman–Crippen MR) is 69.2 cm³/mol. The molecule has 0 aliphatic carbocycles. The normalized spacial score (nSPS) is 13.2. The molecule has 1 atom stereocenters. The molecule has 0 radical (unpaired) electrons. The van der Waals surface area contributed by atoms with Gasteiger partial charge in [0, 0.05) is 0 Å². The van der Waals surface area contributed by atoms with Gasteiger partial charge in [0.25, 0.3) is 0 Å². The van der Waals surface area contributed by atoms with Crippen LogP contribution in [0.2, 0.25) is 0 Å². The van der Waals surface area contributed by atoms with E-state index in [4.69, 9.17) is 5.73 Å². The number of carbonyl (C=O) groups excluding carboxylic acids is 1. The molecule has 4 nitrogen and oxygen atoms in total. The molecular formula is C13H17F3N2O2. The van der Waals surface area contributed by atoms with Crippen LogP contribution in [0.15, 0.2) is 24.3 Å². The molecule has 0 saturated heterocycles. The van der Waals surface area contributed by atoms with Gasteiger partial charge >= 0.3 is 6.36 Å². The lowest BCUT2D eigenvalue weighted by atomic mass is 10.0. The van der Waals surface area contributed by atoms with E-state index in [1.54, 1.807) is 0 Å². The van der Waals surface area contributed by atoms with Crippen molar-refractivity contribution in [2.75, 3.05) is 5.32 Å². The second-order valence-corrected chi connectivity index (χ2v) is 4.77. The van der Waals surface area contributed by atoms with Gasteiger partial charge in [0.15, 0.2) is 5.75 Å². The van der Waals surface area contributed by atoms with Gasteiger partial charge in [-0.15, -0.1) is 13.2 Å². The number of anilines is 1. The van der Waals surface area contributed by atoms with Crippen LogP contribution >= 0.6 is 0 Å². The van der Waals surface area contributed by atoms with E-state index in [2.05, 4.69) is 10.1 Å². The van der Waals surface area contributed by atoms with Gasteiger partial charge in [-0.1, -0.05) is 26.0 Å². The fourth-order valence-corrected chi connectivity index (χ4v) is 1.62. The number of carbonyl (C=O) groups is 1. The van der Waals surface area contributed by atoms with Gasteiger partial charge in [-0.25, -0.2) is 0 Å². The molecule has 1 aromatic rings. The first-order valence-corrected chi connectivity index (χ1v) is 6.10. The Morgan fingerprint density at radius 1 is 1.35 bits per heavy atom. The van der Waals surface area contributed by atoms with E-state index in [0.29, 0.717) is 6.42 Å².